The molecule has 0 bridgehead atoms. The highest BCUT2D eigenvalue weighted by atomic mass is 35.5. The molecule has 0 saturated carbocycles. The molecule has 0 aromatic heterocycles. The summed E-state index contributed by atoms with van der Waals surface area (Å²) in [7, 11) is 3.85. The highest BCUT2D eigenvalue weighted by Gasteiger charge is 2.34. The lowest BCUT2D eigenvalue weighted by atomic mass is 9.91. The number of primary amides is 1. The Bertz CT molecular complexity index is 467. The summed E-state index contributed by atoms with van der Waals surface area (Å²) < 4.78 is 13.1. The topological polar surface area (TPSA) is 58.4 Å². The highest BCUT2D eigenvalue weighted by Crippen LogP contribution is 2.28. The van der Waals surface area contributed by atoms with Crippen LogP contribution in [0.25, 0.3) is 0 Å². The van der Waals surface area contributed by atoms with Crippen LogP contribution in [-0.2, 0) is 10.3 Å². The zero-order chi connectivity index (χ0) is 14.6. The van der Waals surface area contributed by atoms with Gasteiger partial charge in [0.2, 0.25) is 5.91 Å². The third-order valence-electron chi connectivity index (χ3n) is 3.00. The number of halogens is 2. The fourth-order valence-electron chi connectivity index (χ4n) is 1.74. The van der Waals surface area contributed by atoms with E-state index in [1.54, 1.807) is 6.92 Å². The molecule has 1 amide bonds. The first-order valence-corrected chi connectivity index (χ1v) is 6.30. The van der Waals surface area contributed by atoms with Crippen LogP contribution in [-0.4, -0.2) is 38.0 Å². The number of likely N-dealkylation sites (N-methyl/N-ethyl adjacent to an activating group) is 1. The van der Waals surface area contributed by atoms with Crippen molar-refractivity contribution in [2.75, 3.05) is 27.2 Å². The number of hydrogen-bond acceptors (Lipinski definition) is 3. The van der Waals surface area contributed by atoms with Gasteiger partial charge < -0.3 is 10.6 Å². The number of carbonyl (C=O) groups is 1. The van der Waals surface area contributed by atoms with Crippen molar-refractivity contribution in [3.63, 3.8) is 0 Å². The van der Waals surface area contributed by atoms with E-state index >= 15 is 0 Å². The summed E-state index contributed by atoms with van der Waals surface area (Å²) in [5, 5.41) is 3.26. The van der Waals surface area contributed by atoms with Gasteiger partial charge in [0, 0.05) is 23.7 Å². The maximum absolute atomic E-state index is 13.1. The standard InChI is InChI=1S/C13H19ClFN3O/c1-13(12(16)19,17-6-7-18(2)3)10-5-4-9(15)8-11(10)14/h4-5,8,17H,6-7H2,1-3H3,(H2,16,19). The van der Waals surface area contributed by atoms with Crippen molar-refractivity contribution < 1.29 is 9.18 Å². The van der Waals surface area contributed by atoms with Crippen molar-refractivity contribution in [3.05, 3.63) is 34.6 Å². The molecule has 1 atom stereocenters. The monoisotopic (exact) mass is 287 g/mol. The maximum atomic E-state index is 13.1. The zero-order valence-corrected chi connectivity index (χ0v) is 12.1. The van der Waals surface area contributed by atoms with E-state index in [0.29, 0.717) is 12.1 Å². The van der Waals surface area contributed by atoms with E-state index in [-0.39, 0.29) is 5.02 Å². The van der Waals surface area contributed by atoms with Crippen LogP contribution < -0.4 is 11.1 Å². The molecule has 19 heavy (non-hydrogen) atoms. The molecule has 106 valence electrons. The van der Waals surface area contributed by atoms with Crippen molar-refractivity contribution in [1.29, 1.82) is 0 Å². The van der Waals surface area contributed by atoms with E-state index in [1.807, 2.05) is 19.0 Å². The van der Waals surface area contributed by atoms with Crippen LogP contribution in [0.1, 0.15) is 12.5 Å². The van der Waals surface area contributed by atoms with Crippen LogP contribution in [0.5, 0.6) is 0 Å². The zero-order valence-electron chi connectivity index (χ0n) is 11.3. The lowest BCUT2D eigenvalue weighted by Crippen LogP contribution is -2.52. The number of amides is 1. The van der Waals surface area contributed by atoms with E-state index < -0.39 is 17.3 Å². The molecular weight excluding hydrogens is 269 g/mol. The van der Waals surface area contributed by atoms with Gasteiger partial charge in [-0.2, -0.15) is 0 Å². The fourth-order valence-corrected chi connectivity index (χ4v) is 2.10. The van der Waals surface area contributed by atoms with E-state index in [9.17, 15) is 9.18 Å². The van der Waals surface area contributed by atoms with Crippen LogP contribution in [0.15, 0.2) is 18.2 Å². The molecule has 0 fully saturated rings. The van der Waals surface area contributed by atoms with Crippen molar-refractivity contribution in [1.82, 2.24) is 10.2 Å². The van der Waals surface area contributed by atoms with Gasteiger partial charge in [0.05, 0.1) is 0 Å². The summed E-state index contributed by atoms with van der Waals surface area (Å²) in [6, 6.07) is 3.91. The predicted molar refractivity (Wildman–Crippen MR) is 74.5 cm³/mol. The molecule has 3 N–H and O–H groups in total. The lowest BCUT2D eigenvalue weighted by molar-refractivity contribution is -0.124. The maximum Gasteiger partial charge on any atom is 0.242 e. The van der Waals surface area contributed by atoms with Crippen LogP contribution in [0.3, 0.4) is 0 Å². The van der Waals surface area contributed by atoms with Crippen LogP contribution >= 0.6 is 11.6 Å². The molecule has 0 saturated heterocycles. The molecule has 1 rings (SSSR count). The number of nitrogens with two attached hydrogens (primary N) is 1. The summed E-state index contributed by atoms with van der Waals surface area (Å²) in [5.74, 6) is -1.01. The molecular formula is C13H19ClFN3O. The van der Waals surface area contributed by atoms with Crippen LogP contribution in [0.2, 0.25) is 5.02 Å². The minimum atomic E-state index is -1.12. The van der Waals surface area contributed by atoms with Gasteiger partial charge in [-0.15, -0.1) is 0 Å². The largest absolute Gasteiger partial charge is 0.368 e. The van der Waals surface area contributed by atoms with Gasteiger partial charge in [-0.25, -0.2) is 4.39 Å². The van der Waals surface area contributed by atoms with Gasteiger partial charge in [-0.05, 0) is 33.2 Å². The molecule has 1 aromatic rings. The van der Waals surface area contributed by atoms with Gasteiger partial charge >= 0.3 is 0 Å². The second-order valence-electron chi connectivity index (χ2n) is 4.84. The van der Waals surface area contributed by atoms with E-state index in [4.69, 9.17) is 17.3 Å². The first-order chi connectivity index (χ1) is 8.77. The number of nitrogens with one attached hydrogen (secondary N) is 1. The Morgan fingerprint density at radius 1 is 1.53 bits per heavy atom. The molecule has 1 aromatic carbocycles. The number of nitrogens with zero attached hydrogens (tertiary/aromatic N) is 1. The molecule has 6 heteroatoms. The number of carbonyl (C=O) groups excluding carboxylic acids is 1. The quantitative estimate of drug-likeness (QED) is 0.830. The van der Waals surface area contributed by atoms with Gasteiger partial charge in [0.1, 0.15) is 11.4 Å². The third-order valence-corrected chi connectivity index (χ3v) is 3.31. The summed E-state index contributed by atoms with van der Waals surface area (Å²) in [5.41, 5.74) is 4.81. The first-order valence-electron chi connectivity index (χ1n) is 5.92. The molecule has 0 heterocycles. The number of rotatable bonds is 6. The normalized spacial score (nSPS) is 14.4. The second kappa shape index (κ2) is 6.32. The fraction of sp³-hybridized carbons (Fsp3) is 0.462. The predicted octanol–water partition coefficient (Wildman–Crippen LogP) is 1.33. The Labute approximate surface area is 117 Å². The van der Waals surface area contributed by atoms with Crippen molar-refractivity contribution >= 4 is 17.5 Å². The Morgan fingerprint density at radius 2 is 2.16 bits per heavy atom. The van der Waals surface area contributed by atoms with Gasteiger partial charge in [-0.1, -0.05) is 17.7 Å². The van der Waals surface area contributed by atoms with Crippen molar-refractivity contribution in [2.24, 2.45) is 5.73 Å². The Hall–Kier alpha value is -1.17. The second-order valence-corrected chi connectivity index (χ2v) is 5.25. The van der Waals surface area contributed by atoms with Gasteiger partial charge in [0.15, 0.2) is 0 Å². The van der Waals surface area contributed by atoms with E-state index in [1.165, 1.54) is 18.2 Å². The molecule has 0 aliphatic rings. The van der Waals surface area contributed by atoms with Gasteiger partial charge in [-0.3, -0.25) is 10.1 Å². The summed E-state index contributed by atoms with van der Waals surface area (Å²) >= 11 is 6.00. The number of hydrogen-bond donors (Lipinski definition) is 2. The molecule has 0 spiro atoms. The SMILES string of the molecule is CN(C)CCNC(C)(C(N)=O)c1ccc(F)cc1Cl. The van der Waals surface area contributed by atoms with Crippen LogP contribution in [0, 0.1) is 5.82 Å². The van der Waals surface area contributed by atoms with E-state index in [2.05, 4.69) is 5.32 Å². The average molecular weight is 288 g/mol. The molecule has 0 radical (unpaired) electrons. The minimum absolute atomic E-state index is 0.179. The smallest absolute Gasteiger partial charge is 0.242 e. The Balaban J connectivity index is 3.01. The summed E-state index contributed by atoms with van der Waals surface area (Å²) in [6.07, 6.45) is 0. The molecule has 1 unspecified atom stereocenters. The average Bonchev–Trinajstić information content (AvgIpc) is 2.27. The van der Waals surface area contributed by atoms with Gasteiger partial charge in [0.25, 0.3) is 0 Å². The van der Waals surface area contributed by atoms with Crippen LogP contribution in [0.4, 0.5) is 4.39 Å². The summed E-state index contributed by atoms with van der Waals surface area (Å²) in [4.78, 5) is 13.7. The Morgan fingerprint density at radius 3 is 2.63 bits per heavy atom. The molecule has 0 aliphatic carbocycles. The third kappa shape index (κ3) is 3.89. The Kier molecular flexibility index (Phi) is 5.29. The van der Waals surface area contributed by atoms with Crippen molar-refractivity contribution in [3.8, 4) is 0 Å². The van der Waals surface area contributed by atoms with E-state index in [0.717, 1.165) is 6.54 Å². The highest BCUT2D eigenvalue weighted by molar-refractivity contribution is 6.31. The van der Waals surface area contributed by atoms with Crippen molar-refractivity contribution in [2.45, 2.75) is 12.5 Å². The molecule has 0 aliphatic heterocycles. The lowest BCUT2D eigenvalue weighted by Gasteiger charge is -2.29. The first kappa shape index (κ1) is 15.9. The summed E-state index contributed by atoms with van der Waals surface area (Å²) in [6.45, 7) is 2.94. The molecule has 4 nitrogen and oxygen atoms in total. The number of benzene rings is 1. The minimum Gasteiger partial charge on any atom is -0.368 e.